The molecule has 1 saturated carbocycles. The molecule has 1 aliphatic carbocycles. The fourth-order valence-electron chi connectivity index (χ4n) is 3.88. The topological polar surface area (TPSA) is 68.0 Å². The van der Waals surface area contributed by atoms with Crippen LogP contribution in [0.3, 0.4) is 0 Å². The van der Waals surface area contributed by atoms with Gasteiger partial charge in [0, 0.05) is 18.0 Å². The SMILES string of the molecule is Cc1onc(-c2ccncc2)c1C(=O)NC1(c2cccc(F)c2)CCCC1. The molecular weight excluding hydrogens is 345 g/mol. The van der Waals surface area contributed by atoms with Crippen LogP contribution in [0.2, 0.25) is 0 Å². The Labute approximate surface area is 156 Å². The van der Waals surface area contributed by atoms with Crippen molar-refractivity contribution in [2.75, 3.05) is 0 Å². The molecule has 6 heteroatoms. The summed E-state index contributed by atoms with van der Waals surface area (Å²) >= 11 is 0. The van der Waals surface area contributed by atoms with Gasteiger partial charge in [-0.2, -0.15) is 0 Å². The van der Waals surface area contributed by atoms with Gasteiger partial charge < -0.3 is 9.84 Å². The zero-order chi connectivity index (χ0) is 18.9. The van der Waals surface area contributed by atoms with E-state index in [1.807, 2.05) is 6.07 Å². The van der Waals surface area contributed by atoms with E-state index in [4.69, 9.17) is 4.52 Å². The molecule has 0 atom stereocenters. The van der Waals surface area contributed by atoms with Crippen LogP contribution in [0.4, 0.5) is 4.39 Å². The third-order valence-electron chi connectivity index (χ3n) is 5.23. The fraction of sp³-hybridized carbons (Fsp3) is 0.286. The smallest absolute Gasteiger partial charge is 0.257 e. The van der Waals surface area contributed by atoms with Crippen LogP contribution in [-0.2, 0) is 5.54 Å². The van der Waals surface area contributed by atoms with Crippen LogP contribution in [0.25, 0.3) is 11.3 Å². The number of carbonyl (C=O) groups excluding carboxylic acids is 1. The van der Waals surface area contributed by atoms with Crippen molar-refractivity contribution in [3.05, 3.63) is 71.5 Å². The van der Waals surface area contributed by atoms with Crippen molar-refractivity contribution in [3.63, 3.8) is 0 Å². The van der Waals surface area contributed by atoms with Crippen LogP contribution in [-0.4, -0.2) is 16.0 Å². The van der Waals surface area contributed by atoms with Crippen LogP contribution in [0.1, 0.15) is 47.4 Å². The summed E-state index contributed by atoms with van der Waals surface area (Å²) in [5, 5.41) is 7.24. The van der Waals surface area contributed by atoms with Gasteiger partial charge in [-0.15, -0.1) is 0 Å². The number of hydrogen-bond acceptors (Lipinski definition) is 4. The van der Waals surface area contributed by atoms with Crippen LogP contribution in [0.5, 0.6) is 0 Å². The second-order valence-corrected chi connectivity index (χ2v) is 6.95. The van der Waals surface area contributed by atoms with Crippen molar-refractivity contribution in [1.29, 1.82) is 0 Å². The van der Waals surface area contributed by atoms with Gasteiger partial charge in [-0.05, 0) is 49.6 Å². The summed E-state index contributed by atoms with van der Waals surface area (Å²) in [7, 11) is 0. The molecule has 1 aromatic carbocycles. The molecule has 3 aromatic rings. The molecule has 4 rings (SSSR count). The molecule has 1 N–H and O–H groups in total. The first-order chi connectivity index (χ1) is 13.1. The monoisotopic (exact) mass is 365 g/mol. The Morgan fingerprint density at radius 1 is 1.19 bits per heavy atom. The normalized spacial score (nSPS) is 15.6. The number of aryl methyl sites for hydroxylation is 1. The highest BCUT2D eigenvalue weighted by molar-refractivity contribution is 6.01. The van der Waals surface area contributed by atoms with Crippen LogP contribution >= 0.6 is 0 Å². The van der Waals surface area contributed by atoms with E-state index in [1.165, 1.54) is 12.1 Å². The van der Waals surface area contributed by atoms with Gasteiger partial charge in [0.1, 0.15) is 22.8 Å². The van der Waals surface area contributed by atoms with Crippen molar-refractivity contribution in [3.8, 4) is 11.3 Å². The molecule has 0 radical (unpaired) electrons. The van der Waals surface area contributed by atoms with Crippen molar-refractivity contribution in [1.82, 2.24) is 15.5 Å². The number of halogens is 1. The largest absolute Gasteiger partial charge is 0.360 e. The summed E-state index contributed by atoms with van der Waals surface area (Å²) in [5.41, 5.74) is 1.88. The van der Waals surface area contributed by atoms with Crippen molar-refractivity contribution in [2.24, 2.45) is 0 Å². The molecule has 5 nitrogen and oxygen atoms in total. The molecule has 1 fully saturated rings. The molecule has 2 aromatic heterocycles. The van der Waals surface area contributed by atoms with E-state index in [-0.39, 0.29) is 11.7 Å². The number of carbonyl (C=O) groups is 1. The standard InChI is InChI=1S/C21H20FN3O2/c1-14-18(19(25-27-14)15-7-11-23-12-8-15)20(26)24-21(9-2-3-10-21)16-5-4-6-17(22)13-16/h4-8,11-13H,2-3,9-10H2,1H3,(H,24,26). The molecule has 0 aliphatic heterocycles. The number of pyridine rings is 1. The fourth-order valence-corrected chi connectivity index (χ4v) is 3.88. The molecule has 1 amide bonds. The van der Waals surface area contributed by atoms with Crippen LogP contribution in [0.15, 0.2) is 53.3 Å². The zero-order valence-electron chi connectivity index (χ0n) is 15.0. The number of benzene rings is 1. The van der Waals surface area contributed by atoms with E-state index in [1.54, 1.807) is 37.5 Å². The summed E-state index contributed by atoms with van der Waals surface area (Å²) in [6.07, 6.45) is 6.81. The van der Waals surface area contributed by atoms with Crippen molar-refractivity contribution < 1.29 is 13.7 Å². The van der Waals surface area contributed by atoms with E-state index in [0.29, 0.717) is 17.0 Å². The van der Waals surface area contributed by atoms with Gasteiger partial charge in [-0.1, -0.05) is 30.1 Å². The number of rotatable bonds is 4. The lowest BCUT2D eigenvalue weighted by Crippen LogP contribution is -2.44. The van der Waals surface area contributed by atoms with Gasteiger partial charge in [0.25, 0.3) is 5.91 Å². The van der Waals surface area contributed by atoms with Gasteiger partial charge in [0.05, 0.1) is 5.54 Å². The average Bonchev–Trinajstić information content (AvgIpc) is 3.30. The predicted octanol–water partition coefficient (Wildman–Crippen LogP) is 4.38. The maximum Gasteiger partial charge on any atom is 0.257 e. The molecule has 0 bridgehead atoms. The summed E-state index contributed by atoms with van der Waals surface area (Å²) in [5.74, 6) is -0.106. The molecule has 1 aliphatic rings. The van der Waals surface area contributed by atoms with Gasteiger partial charge >= 0.3 is 0 Å². The van der Waals surface area contributed by atoms with Crippen LogP contribution < -0.4 is 5.32 Å². The quantitative estimate of drug-likeness (QED) is 0.745. The van der Waals surface area contributed by atoms with Gasteiger partial charge in [0.2, 0.25) is 0 Å². The van der Waals surface area contributed by atoms with Crippen LogP contribution in [0, 0.1) is 12.7 Å². The number of hydrogen-bond donors (Lipinski definition) is 1. The number of aromatic nitrogens is 2. The van der Waals surface area contributed by atoms with Gasteiger partial charge in [0.15, 0.2) is 0 Å². The highest BCUT2D eigenvalue weighted by Crippen LogP contribution is 2.39. The summed E-state index contributed by atoms with van der Waals surface area (Å²) in [4.78, 5) is 17.2. The Hall–Kier alpha value is -3.02. The number of amides is 1. The molecule has 27 heavy (non-hydrogen) atoms. The van der Waals surface area contributed by atoms with E-state index in [0.717, 1.165) is 36.8 Å². The van der Waals surface area contributed by atoms with Crippen molar-refractivity contribution in [2.45, 2.75) is 38.1 Å². The molecule has 138 valence electrons. The maximum absolute atomic E-state index is 13.8. The lowest BCUT2D eigenvalue weighted by molar-refractivity contribution is 0.0897. The van der Waals surface area contributed by atoms with Gasteiger partial charge in [-0.25, -0.2) is 4.39 Å². The predicted molar refractivity (Wildman–Crippen MR) is 98.5 cm³/mol. The molecular formula is C21H20FN3O2. The Morgan fingerprint density at radius 2 is 1.93 bits per heavy atom. The Balaban J connectivity index is 1.70. The summed E-state index contributed by atoms with van der Waals surface area (Å²) in [6.45, 7) is 1.72. The maximum atomic E-state index is 13.8. The molecule has 0 unspecified atom stereocenters. The van der Waals surface area contributed by atoms with E-state index in [9.17, 15) is 9.18 Å². The lowest BCUT2D eigenvalue weighted by atomic mass is 9.87. The van der Waals surface area contributed by atoms with E-state index in [2.05, 4.69) is 15.5 Å². The summed E-state index contributed by atoms with van der Waals surface area (Å²) < 4.78 is 19.1. The Morgan fingerprint density at radius 3 is 2.63 bits per heavy atom. The minimum Gasteiger partial charge on any atom is -0.360 e. The lowest BCUT2D eigenvalue weighted by Gasteiger charge is -2.31. The second kappa shape index (κ2) is 6.95. The number of nitrogens with zero attached hydrogens (tertiary/aromatic N) is 2. The first-order valence-electron chi connectivity index (χ1n) is 9.04. The minimum atomic E-state index is -0.571. The average molecular weight is 365 g/mol. The molecule has 0 spiro atoms. The first-order valence-corrected chi connectivity index (χ1v) is 9.04. The molecule has 2 heterocycles. The van der Waals surface area contributed by atoms with Gasteiger partial charge in [-0.3, -0.25) is 9.78 Å². The highest BCUT2D eigenvalue weighted by Gasteiger charge is 2.38. The second-order valence-electron chi connectivity index (χ2n) is 6.95. The third-order valence-corrected chi connectivity index (χ3v) is 5.23. The Bertz CT molecular complexity index is 963. The van der Waals surface area contributed by atoms with Crippen molar-refractivity contribution >= 4 is 5.91 Å². The highest BCUT2D eigenvalue weighted by atomic mass is 19.1. The number of nitrogens with one attached hydrogen (secondary N) is 1. The summed E-state index contributed by atoms with van der Waals surface area (Å²) in [6, 6.07) is 10.1. The minimum absolute atomic E-state index is 0.258. The Kier molecular flexibility index (Phi) is 4.48. The zero-order valence-corrected chi connectivity index (χ0v) is 15.0. The van der Waals surface area contributed by atoms with E-state index < -0.39 is 5.54 Å². The van der Waals surface area contributed by atoms with E-state index >= 15 is 0 Å². The third kappa shape index (κ3) is 3.23. The molecule has 0 saturated heterocycles. The first kappa shape index (κ1) is 17.4.